The van der Waals surface area contributed by atoms with Gasteiger partial charge in [-0.1, -0.05) is 60.7 Å². The Labute approximate surface area is 188 Å². The van der Waals surface area contributed by atoms with Crippen molar-refractivity contribution in [1.82, 2.24) is 4.90 Å². The molecule has 5 rings (SSSR count). The first-order valence-corrected chi connectivity index (χ1v) is 11.1. The minimum atomic E-state index is -0.198. The SMILES string of the molecule is O=C1COc2ccc(C(=O)N3CCC(C(c4ccccc4)c4ccccc4)CC3)cc2N1. The number of hydrogen-bond acceptors (Lipinski definition) is 3. The van der Waals surface area contributed by atoms with Crippen LogP contribution >= 0.6 is 0 Å². The van der Waals surface area contributed by atoms with Crippen molar-refractivity contribution in [2.75, 3.05) is 25.0 Å². The minimum absolute atomic E-state index is 0.00189. The van der Waals surface area contributed by atoms with E-state index in [1.54, 1.807) is 18.2 Å². The maximum Gasteiger partial charge on any atom is 0.262 e. The van der Waals surface area contributed by atoms with Crippen molar-refractivity contribution < 1.29 is 14.3 Å². The second kappa shape index (κ2) is 8.87. The van der Waals surface area contributed by atoms with Crippen LogP contribution < -0.4 is 10.1 Å². The number of nitrogens with zero attached hydrogens (tertiary/aromatic N) is 1. The summed E-state index contributed by atoms with van der Waals surface area (Å²) in [6.45, 7) is 1.46. The summed E-state index contributed by atoms with van der Waals surface area (Å²) in [5.74, 6) is 1.21. The summed E-state index contributed by atoms with van der Waals surface area (Å²) >= 11 is 0. The van der Waals surface area contributed by atoms with E-state index in [0.717, 1.165) is 25.9 Å². The van der Waals surface area contributed by atoms with Crippen LogP contribution in [0.3, 0.4) is 0 Å². The lowest BCUT2D eigenvalue weighted by Gasteiger charge is -2.37. The molecule has 5 heteroatoms. The van der Waals surface area contributed by atoms with Gasteiger partial charge in [-0.3, -0.25) is 9.59 Å². The van der Waals surface area contributed by atoms with Crippen molar-refractivity contribution in [3.63, 3.8) is 0 Å². The molecule has 2 heterocycles. The molecule has 5 nitrogen and oxygen atoms in total. The Morgan fingerprint density at radius 3 is 2.16 bits per heavy atom. The Morgan fingerprint density at radius 2 is 1.53 bits per heavy atom. The van der Waals surface area contributed by atoms with Gasteiger partial charge in [-0.2, -0.15) is 0 Å². The number of anilines is 1. The fraction of sp³-hybridized carbons (Fsp3) is 0.259. The molecule has 3 aromatic rings. The molecule has 0 saturated carbocycles. The van der Waals surface area contributed by atoms with Crippen LogP contribution in [0.1, 0.15) is 40.2 Å². The van der Waals surface area contributed by atoms with E-state index in [-0.39, 0.29) is 18.4 Å². The van der Waals surface area contributed by atoms with Crippen LogP contribution in [0.25, 0.3) is 0 Å². The van der Waals surface area contributed by atoms with Crippen molar-refractivity contribution in [2.45, 2.75) is 18.8 Å². The summed E-state index contributed by atoms with van der Waals surface area (Å²) in [6.07, 6.45) is 1.90. The Morgan fingerprint density at radius 1 is 0.906 bits per heavy atom. The van der Waals surface area contributed by atoms with Crippen molar-refractivity contribution in [1.29, 1.82) is 0 Å². The molecule has 0 bridgehead atoms. The molecule has 0 unspecified atom stereocenters. The summed E-state index contributed by atoms with van der Waals surface area (Å²) in [7, 11) is 0. The molecule has 0 aromatic heterocycles. The van der Waals surface area contributed by atoms with Gasteiger partial charge in [0, 0.05) is 24.6 Å². The average molecular weight is 427 g/mol. The zero-order valence-corrected chi connectivity index (χ0v) is 17.9. The summed E-state index contributed by atoms with van der Waals surface area (Å²) in [6, 6.07) is 26.6. The number of amides is 2. The molecule has 0 spiro atoms. The van der Waals surface area contributed by atoms with Crippen molar-refractivity contribution in [2.24, 2.45) is 5.92 Å². The highest BCUT2D eigenvalue weighted by Crippen LogP contribution is 2.38. The third-order valence-corrected chi connectivity index (χ3v) is 6.47. The predicted octanol–water partition coefficient (Wildman–Crippen LogP) is 4.70. The van der Waals surface area contributed by atoms with E-state index in [1.807, 2.05) is 4.90 Å². The molecule has 162 valence electrons. The van der Waals surface area contributed by atoms with Gasteiger partial charge in [0.15, 0.2) is 6.61 Å². The second-order valence-corrected chi connectivity index (χ2v) is 8.48. The van der Waals surface area contributed by atoms with Gasteiger partial charge in [-0.15, -0.1) is 0 Å². The first-order chi connectivity index (χ1) is 15.7. The number of benzene rings is 3. The predicted molar refractivity (Wildman–Crippen MR) is 124 cm³/mol. The molecule has 1 N–H and O–H groups in total. The van der Waals surface area contributed by atoms with E-state index in [9.17, 15) is 9.59 Å². The van der Waals surface area contributed by atoms with Crippen LogP contribution in [0.5, 0.6) is 5.75 Å². The lowest BCUT2D eigenvalue weighted by atomic mass is 9.76. The molecular formula is C27H26N2O3. The number of ether oxygens (including phenoxy) is 1. The topological polar surface area (TPSA) is 58.6 Å². The molecule has 2 aliphatic heterocycles. The highest BCUT2D eigenvalue weighted by atomic mass is 16.5. The maximum atomic E-state index is 13.2. The fourth-order valence-corrected chi connectivity index (χ4v) is 4.89. The van der Waals surface area contributed by atoms with Crippen LogP contribution in [0.4, 0.5) is 5.69 Å². The Balaban J connectivity index is 1.31. The van der Waals surface area contributed by atoms with Crippen molar-refractivity contribution >= 4 is 17.5 Å². The van der Waals surface area contributed by atoms with Gasteiger partial charge in [-0.05, 0) is 48.1 Å². The standard InChI is InChI=1S/C27H26N2O3/c30-25-18-32-24-12-11-22(17-23(24)28-25)27(31)29-15-13-21(14-16-29)26(19-7-3-1-4-8-19)20-9-5-2-6-10-20/h1-12,17,21,26H,13-16,18H2,(H,28,30). The second-order valence-electron chi connectivity index (χ2n) is 8.48. The molecule has 2 amide bonds. The molecule has 1 fully saturated rings. The molecule has 0 atom stereocenters. The van der Waals surface area contributed by atoms with Crippen molar-refractivity contribution in [3.8, 4) is 5.75 Å². The van der Waals surface area contributed by atoms with Crippen LogP contribution in [0.2, 0.25) is 0 Å². The molecular weight excluding hydrogens is 400 g/mol. The zero-order valence-electron chi connectivity index (χ0n) is 17.9. The van der Waals surface area contributed by atoms with Crippen LogP contribution in [-0.2, 0) is 4.79 Å². The van der Waals surface area contributed by atoms with Gasteiger partial charge in [0.25, 0.3) is 11.8 Å². The first-order valence-electron chi connectivity index (χ1n) is 11.1. The lowest BCUT2D eigenvalue weighted by Crippen LogP contribution is -2.40. The van der Waals surface area contributed by atoms with Gasteiger partial charge < -0.3 is 15.0 Å². The Bertz CT molecular complexity index is 1070. The molecule has 1 saturated heterocycles. The summed E-state index contributed by atoms with van der Waals surface area (Å²) in [5.41, 5.74) is 3.80. The van der Waals surface area contributed by atoms with E-state index in [1.165, 1.54) is 11.1 Å². The van der Waals surface area contributed by atoms with Gasteiger partial charge in [0.05, 0.1) is 5.69 Å². The minimum Gasteiger partial charge on any atom is -0.482 e. The number of carbonyl (C=O) groups excluding carboxylic acids is 2. The molecule has 2 aliphatic rings. The quantitative estimate of drug-likeness (QED) is 0.658. The summed E-state index contributed by atoms with van der Waals surface area (Å²) < 4.78 is 5.40. The number of carbonyl (C=O) groups is 2. The van der Waals surface area contributed by atoms with Gasteiger partial charge in [0.1, 0.15) is 5.75 Å². The fourth-order valence-electron chi connectivity index (χ4n) is 4.89. The molecule has 32 heavy (non-hydrogen) atoms. The van der Waals surface area contributed by atoms with E-state index >= 15 is 0 Å². The third kappa shape index (κ3) is 4.11. The monoisotopic (exact) mass is 426 g/mol. The van der Waals surface area contributed by atoms with Gasteiger partial charge in [0.2, 0.25) is 0 Å². The Hall–Kier alpha value is -3.60. The number of fused-ring (bicyclic) bond motifs is 1. The smallest absolute Gasteiger partial charge is 0.262 e. The van der Waals surface area contributed by atoms with E-state index in [0.29, 0.717) is 28.8 Å². The van der Waals surface area contributed by atoms with E-state index in [4.69, 9.17) is 4.74 Å². The molecule has 3 aromatic carbocycles. The first kappa shape index (κ1) is 20.3. The van der Waals surface area contributed by atoms with Gasteiger partial charge >= 0.3 is 0 Å². The highest BCUT2D eigenvalue weighted by molar-refractivity contribution is 5.99. The molecule has 0 aliphatic carbocycles. The number of rotatable bonds is 4. The number of piperidine rings is 1. The largest absolute Gasteiger partial charge is 0.482 e. The number of nitrogens with one attached hydrogen (secondary N) is 1. The Kier molecular flexibility index (Phi) is 5.63. The zero-order chi connectivity index (χ0) is 21.9. The number of hydrogen-bond donors (Lipinski definition) is 1. The highest BCUT2D eigenvalue weighted by Gasteiger charge is 2.31. The van der Waals surface area contributed by atoms with E-state index in [2.05, 4.69) is 66.0 Å². The van der Waals surface area contributed by atoms with Gasteiger partial charge in [-0.25, -0.2) is 0 Å². The third-order valence-electron chi connectivity index (χ3n) is 6.47. The maximum absolute atomic E-state index is 13.2. The van der Waals surface area contributed by atoms with Crippen LogP contribution in [0.15, 0.2) is 78.9 Å². The van der Waals surface area contributed by atoms with Crippen LogP contribution in [0, 0.1) is 5.92 Å². The molecule has 0 radical (unpaired) electrons. The lowest BCUT2D eigenvalue weighted by molar-refractivity contribution is -0.118. The normalized spacial score (nSPS) is 16.3. The average Bonchev–Trinajstić information content (AvgIpc) is 2.85. The van der Waals surface area contributed by atoms with E-state index < -0.39 is 0 Å². The van der Waals surface area contributed by atoms with Crippen LogP contribution in [-0.4, -0.2) is 36.4 Å². The summed E-state index contributed by atoms with van der Waals surface area (Å²) in [4.78, 5) is 26.7. The number of likely N-dealkylation sites (tertiary alicyclic amines) is 1. The summed E-state index contributed by atoms with van der Waals surface area (Å²) in [5, 5.41) is 2.78. The van der Waals surface area contributed by atoms with Crippen molar-refractivity contribution in [3.05, 3.63) is 95.6 Å².